The van der Waals surface area contributed by atoms with Crippen molar-refractivity contribution in [3.8, 4) is 5.69 Å². The number of hydrogen-bond donors (Lipinski definition) is 1. The summed E-state index contributed by atoms with van der Waals surface area (Å²) in [5.74, 6) is 0.464. The maximum absolute atomic E-state index is 12.5. The number of para-hydroxylation sites is 1. The number of carbonyl (C=O) groups excluding carboxylic acids is 1. The summed E-state index contributed by atoms with van der Waals surface area (Å²) in [6.45, 7) is 0. The van der Waals surface area contributed by atoms with Gasteiger partial charge in [-0.1, -0.05) is 18.2 Å². The number of hydrogen-bond acceptors (Lipinski definition) is 6. The summed E-state index contributed by atoms with van der Waals surface area (Å²) < 4.78 is 6.57. The monoisotopic (exact) mass is 412 g/mol. The molecule has 0 bridgehead atoms. The molecule has 31 heavy (non-hydrogen) atoms. The standard InChI is InChI=1S/C24H20N4O3/c1-31-24(30)19-11-16(15-7-8-15)13-26-23(19)27-17-9-10-21-20(12-17)25-14-22(29)28(21)18-5-3-2-4-6-18/h2-6,9-15H,7-8H2,1H3,(H,26,27). The highest BCUT2D eigenvalue weighted by Gasteiger charge is 2.26. The van der Waals surface area contributed by atoms with E-state index in [0.29, 0.717) is 34.0 Å². The van der Waals surface area contributed by atoms with E-state index in [-0.39, 0.29) is 5.56 Å². The molecular weight excluding hydrogens is 392 g/mol. The van der Waals surface area contributed by atoms with Gasteiger partial charge in [0.05, 0.1) is 24.3 Å². The Kier molecular flexibility index (Phi) is 4.71. The van der Waals surface area contributed by atoms with Crippen molar-refractivity contribution in [2.75, 3.05) is 12.4 Å². The fourth-order valence-corrected chi connectivity index (χ4v) is 3.66. The second-order valence-electron chi connectivity index (χ2n) is 7.53. The summed E-state index contributed by atoms with van der Waals surface area (Å²) in [6.07, 6.45) is 5.35. The summed E-state index contributed by atoms with van der Waals surface area (Å²) in [7, 11) is 1.36. The Hall–Kier alpha value is -4.00. The fraction of sp³-hybridized carbons (Fsp3) is 0.167. The lowest BCUT2D eigenvalue weighted by Gasteiger charge is -2.13. The molecule has 1 saturated carbocycles. The number of rotatable bonds is 5. The average molecular weight is 412 g/mol. The van der Waals surface area contributed by atoms with Gasteiger partial charge in [-0.15, -0.1) is 0 Å². The molecule has 0 aliphatic heterocycles. The second kappa shape index (κ2) is 7.68. The lowest BCUT2D eigenvalue weighted by molar-refractivity contribution is 0.0601. The van der Waals surface area contributed by atoms with E-state index in [1.807, 2.05) is 54.6 Å². The van der Waals surface area contributed by atoms with Crippen LogP contribution in [0.25, 0.3) is 16.7 Å². The molecule has 2 aromatic carbocycles. The first kappa shape index (κ1) is 19.0. The van der Waals surface area contributed by atoms with Gasteiger partial charge in [0, 0.05) is 17.6 Å². The normalized spacial score (nSPS) is 13.2. The van der Waals surface area contributed by atoms with Crippen LogP contribution in [0.15, 0.2) is 71.8 Å². The zero-order valence-corrected chi connectivity index (χ0v) is 16.9. The van der Waals surface area contributed by atoms with Crippen molar-refractivity contribution in [2.24, 2.45) is 0 Å². The van der Waals surface area contributed by atoms with Crippen LogP contribution < -0.4 is 10.9 Å². The van der Waals surface area contributed by atoms with Gasteiger partial charge < -0.3 is 10.1 Å². The molecule has 7 nitrogen and oxygen atoms in total. The minimum absolute atomic E-state index is 0.204. The topological polar surface area (TPSA) is 86.1 Å². The summed E-state index contributed by atoms with van der Waals surface area (Å²) in [4.78, 5) is 33.6. The minimum Gasteiger partial charge on any atom is -0.465 e. The van der Waals surface area contributed by atoms with E-state index in [1.54, 1.807) is 10.8 Å². The third kappa shape index (κ3) is 3.66. The summed E-state index contributed by atoms with van der Waals surface area (Å²) >= 11 is 0. The number of pyridine rings is 1. The predicted molar refractivity (Wildman–Crippen MR) is 118 cm³/mol. The Morgan fingerprint density at radius 3 is 2.61 bits per heavy atom. The van der Waals surface area contributed by atoms with Crippen LogP contribution in [0.1, 0.15) is 34.7 Å². The third-order valence-corrected chi connectivity index (χ3v) is 5.39. The van der Waals surface area contributed by atoms with Crippen LogP contribution in [0.2, 0.25) is 0 Å². The Labute approximate surface area is 178 Å². The molecule has 4 aromatic rings. The number of anilines is 2. The van der Waals surface area contributed by atoms with Crippen LogP contribution in [0.5, 0.6) is 0 Å². The molecular formula is C24H20N4O3. The number of nitrogens with zero attached hydrogens (tertiary/aromatic N) is 3. The molecule has 0 atom stereocenters. The van der Waals surface area contributed by atoms with Gasteiger partial charge in [0.2, 0.25) is 0 Å². The molecule has 0 amide bonds. The molecule has 0 spiro atoms. The number of carbonyl (C=O) groups is 1. The largest absolute Gasteiger partial charge is 0.465 e. The fourth-order valence-electron chi connectivity index (χ4n) is 3.66. The molecule has 0 radical (unpaired) electrons. The SMILES string of the molecule is COC(=O)c1cc(C2CC2)cnc1Nc1ccc2c(c1)ncc(=O)n2-c1ccccc1. The van der Waals surface area contributed by atoms with Crippen LogP contribution in [0, 0.1) is 0 Å². The van der Waals surface area contributed by atoms with Crippen LogP contribution in [-0.2, 0) is 4.74 Å². The zero-order valence-electron chi connectivity index (χ0n) is 16.9. The van der Waals surface area contributed by atoms with Crippen LogP contribution in [0.3, 0.4) is 0 Å². The molecule has 0 unspecified atom stereocenters. The second-order valence-corrected chi connectivity index (χ2v) is 7.53. The Bertz CT molecular complexity index is 1340. The molecule has 1 N–H and O–H groups in total. The van der Waals surface area contributed by atoms with Crippen LogP contribution in [0.4, 0.5) is 11.5 Å². The van der Waals surface area contributed by atoms with E-state index in [9.17, 15) is 9.59 Å². The van der Waals surface area contributed by atoms with Gasteiger partial charge in [-0.3, -0.25) is 9.36 Å². The van der Waals surface area contributed by atoms with E-state index in [2.05, 4.69) is 15.3 Å². The molecule has 1 aliphatic rings. The molecule has 2 aromatic heterocycles. The lowest BCUT2D eigenvalue weighted by Crippen LogP contribution is -2.18. The number of methoxy groups -OCH3 is 1. The van der Waals surface area contributed by atoms with E-state index in [1.165, 1.54) is 13.3 Å². The minimum atomic E-state index is -0.436. The van der Waals surface area contributed by atoms with E-state index < -0.39 is 5.97 Å². The Balaban J connectivity index is 1.54. The first-order chi connectivity index (χ1) is 15.1. The first-order valence-electron chi connectivity index (χ1n) is 10.1. The highest BCUT2D eigenvalue weighted by molar-refractivity contribution is 5.96. The summed E-state index contributed by atoms with van der Waals surface area (Å²) in [5.41, 5.74) is 4.05. The molecule has 1 aliphatic carbocycles. The maximum atomic E-state index is 12.5. The van der Waals surface area contributed by atoms with Crippen molar-refractivity contribution in [1.82, 2.24) is 14.5 Å². The molecule has 2 heterocycles. The number of nitrogens with one attached hydrogen (secondary N) is 1. The number of fused-ring (bicyclic) bond motifs is 1. The number of aromatic nitrogens is 3. The molecule has 5 rings (SSSR count). The average Bonchev–Trinajstić information content (AvgIpc) is 3.65. The molecule has 7 heteroatoms. The molecule has 154 valence electrons. The summed E-state index contributed by atoms with van der Waals surface area (Å²) in [6, 6.07) is 16.8. The van der Waals surface area contributed by atoms with Crippen LogP contribution in [-0.4, -0.2) is 27.6 Å². The van der Waals surface area contributed by atoms with Crippen molar-refractivity contribution in [2.45, 2.75) is 18.8 Å². The number of ether oxygens (including phenoxy) is 1. The van der Waals surface area contributed by atoms with Gasteiger partial charge in [0.25, 0.3) is 5.56 Å². The van der Waals surface area contributed by atoms with Gasteiger partial charge in [-0.05, 0) is 60.7 Å². The Morgan fingerprint density at radius 2 is 1.87 bits per heavy atom. The number of benzene rings is 2. The predicted octanol–water partition coefficient (Wildman–Crippen LogP) is 4.19. The van der Waals surface area contributed by atoms with Gasteiger partial charge in [0.1, 0.15) is 11.4 Å². The molecule has 0 saturated heterocycles. The zero-order chi connectivity index (χ0) is 21.4. The maximum Gasteiger partial charge on any atom is 0.341 e. The van der Waals surface area contributed by atoms with Crippen LogP contribution >= 0.6 is 0 Å². The molecule has 1 fully saturated rings. The van der Waals surface area contributed by atoms with E-state index in [0.717, 1.165) is 24.1 Å². The van der Waals surface area contributed by atoms with Crippen molar-refractivity contribution in [3.05, 3.63) is 88.5 Å². The third-order valence-electron chi connectivity index (χ3n) is 5.39. The highest BCUT2D eigenvalue weighted by atomic mass is 16.5. The smallest absolute Gasteiger partial charge is 0.341 e. The Morgan fingerprint density at radius 1 is 1.06 bits per heavy atom. The first-order valence-corrected chi connectivity index (χ1v) is 10.1. The van der Waals surface area contributed by atoms with Gasteiger partial charge in [-0.2, -0.15) is 0 Å². The van der Waals surface area contributed by atoms with Crippen molar-refractivity contribution in [3.63, 3.8) is 0 Å². The van der Waals surface area contributed by atoms with Crippen molar-refractivity contribution >= 4 is 28.5 Å². The quantitative estimate of drug-likeness (QED) is 0.495. The van der Waals surface area contributed by atoms with Gasteiger partial charge >= 0.3 is 5.97 Å². The number of esters is 1. The van der Waals surface area contributed by atoms with Gasteiger partial charge in [-0.25, -0.2) is 14.8 Å². The highest BCUT2D eigenvalue weighted by Crippen LogP contribution is 2.40. The lowest BCUT2D eigenvalue weighted by atomic mass is 10.1. The van der Waals surface area contributed by atoms with Crippen molar-refractivity contribution in [1.29, 1.82) is 0 Å². The van der Waals surface area contributed by atoms with E-state index >= 15 is 0 Å². The van der Waals surface area contributed by atoms with E-state index in [4.69, 9.17) is 4.74 Å². The summed E-state index contributed by atoms with van der Waals surface area (Å²) in [5, 5.41) is 3.20. The van der Waals surface area contributed by atoms with Crippen molar-refractivity contribution < 1.29 is 9.53 Å². The van der Waals surface area contributed by atoms with Gasteiger partial charge in [0.15, 0.2) is 0 Å².